The summed E-state index contributed by atoms with van der Waals surface area (Å²) in [7, 11) is 1.80. The van der Waals surface area contributed by atoms with E-state index in [1.165, 1.54) is 19.3 Å². The lowest BCUT2D eigenvalue weighted by Crippen LogP contribution is -2.52. The van der Waals surface area contributed by atoms with E-state index in [0.717, 1.165) is 45.0 Å². The van der Waals surface area contributed by atoms with E-state index >= 15 is 0 Å². The number of nitrogens with zero attached hydrogens (tertiary/aromatic N) is 5. The summed E-state index contributed by atoms with van der Waals surface area (Å²) in [6.45, 7) is 4.06. The fraction of sp³-hybridized carbons (Fsp3) is 0.706. The molecule has 1 aromatic heterocycles. The van der Waals surface area contributed by atoms with Crippen LogP contribution in [0.25, 0.3) is 0 Å². The van der Waals surface area contributed by atoms with Crippen LogP contribution >= 0.6 is 24.0 Å². The van der Waals surface area contributed by atoms with E-state index in [9.17, 15) is 0 Å². The Balaban J connectivity index is 0.00000225. The number of anilines is 1. The zero-order valence-electron chi connectivity index (χ0n) is 14.9. The Morgan fingerprint density at radius 2 is 1.80 bits per heavy atom. The van der Waals surface area contributed by atoms with Crippen LogP contribution in [0.2, 0.25) is 0 Å². The first-order valence-electron chi connectivity index (χ1n) is 8.84. The standard InChI is InChI=1S/C17H28N6O.HI/c1-24-17(6-3-2-4-7-17)14-21-15(18)22-10-12-23(13-11-22)16-19-8-5-9-20-16;/h5,8-9H,2-4,6-7,10-14H2,1H3,(H2,18,21);1H. The highest BCUT2D eigenvalue weighted by atomic mass is 127. The highest BCUT2D eigenvalue weighted by Gasteiger charge is 2.32. The maximum absolute atomic E-state index is 6.23. The van der Waals surface area contributed by atoms with Crippen LogP contribution in [-0.4, -0.2) is 66.3 Å². The first-order chi connectivity index (χ1) is 11.7. The van der Waals surface area contributed by atoms with Gasteiger partial charge >= 0.3 is 0 Å². The Bertz CT molecular complexity index is 541. The van der Waals surface area contributed by atoms with Gasteiger partial charge in [0.2, 0.25) is 5.95 Å². The van der Waals surface area contributed by atoms with Gasteiger partial charge in [0.1, 0.15) is 0 Å². The Hall–Kier alpha value is -1.16. The summed E-state index contributed by atoms with van der Waals surface area (Å²) in [6, 6.07) is 1.83. The maximum Gasteiger partial charge on any atom is 0.225 e. The molecule has 8 heteroatoms. The van der Waals surface area contributed by atoms with Crippen molar-refractivity contribution in [2.24, 2.45) is 10.7 Å². The lowest BCUT2D eigenvalue weighted by atomic mass is 9.85. The zero-order valence-corrected chi connectivity index (χ0v) is 17.3. The zero-order chi connectivity index (χ0) is 16.8. The number of hydrogen-bond donors (Lipinski definition) is 1. The van der Waals surface area contributed by atoms with Gasteiger partial charge in [-0.1, -0.05) is 19.3 Å². The number of guanidine groups is 1. The van der Waals surface area contributed by atoms with E-state index < -0.39 is 0 Å². The lowest BCUT2D eigenvalue weighted by molar-refractivity contribution is -0.0310. The van der Waals surface area contributed by atoms with Crippen molar-refractivity contribution in [2.75, 3.05) is 44.7 Å². The van der Waals surface area contributed by atoms with Crippen molar-refractivity contribution >= 4 is 35.9 Å². The van der Waals surface area contributed by atoms with E-state index in [0.29, 0.717) is 12.5 Å². The average molecular weight is 460 g/mol. The number of piperazine rings is 1. The molecule has 1 saturated carbocycles. The fourth-order valence-electron chi connectivity index (χ4n) is 3.54. The van der Waals surface area contributed by atoms with Gasteiger partial charge in [-0.2, -0.15) is 0 Å². The van der Waals surface area contributed by atoms with Crippen LogP contribution < -0.4 is 10.6 Å². The van der Waals surface area contributed by atoms with Crippen molar-refractivity contribution in [3.8, 4) is 0 Å². The molecule has 2 fully saturated rings. The van der Waals surface area contributed by atoms with Gasteiger partial charge in [0.15, 0.2) is 5.96 Å². The Morgan fingerprint density at radius 3 is 2.40 bits per heavy atom. The van der Waals surface area contributed by atoms with Crippen LogP contribution in [-0.2, 0) is 4.74 Å². The van der Waals surface area contributed by atoms with E-state index in [2.05, 4.69) is 24.8 Å². The number of aliphatic imine (C=N–C) groups is 1. The van der Waals surface area contributed by atoms with Crippen molar-refractivity contribution < 1.29 is 4.74 Å². The van der Waals surface area contributed by atoms with Gasteiger partial charge in [-0.05, 0) is 18.9 Å². The number of hydrogen-bond acceptors (Lipinski definition) is 5. The number of rotatable bonds is 4. The summed E-state index contributed by atoms with van der Waals surface area (Å²) in [6.07, 6.45) is 9.46. The van der Waals surface area contributed by atoms with Gasteiger partial charge in [0, 0.05) is 45.7 Å². The number of ether oxygens (including phenoxy) is 1. The molecule has 1 aliphatic carbocycles. The molecule has 1 saturated heterocycles. The molecule has 2 aliphatic rings. The molecule has 7 nitrogen and oxygen atoms in total. The molecule has 25 heavy (non-hydrogen) atoms. The minimum atomic E-state index is -0.109. The molecule has 0 amide bonds. The molecular weight excluding hydrogens is 431 g/mol. The van der Waals surface area contributed by atoms with Gasteiger partial charge in [0.25, 0.3) is 0 Å². The Labute approximate surface area is 167 Å². The second kappa shape index (κ2) is 9.51. The maximum atomic E-state index is 6.23. The fourth-order valence-corrected chi connectivity index (χ4v) is 3.54. The van der Waals surface area contributed by atoms with Gasteiger partial charge in [-0.15, -0.1) is 24.0 Å². The number of methoxy groups -OCH3 is 1. The second-order valence-corrected chi connectivity index (χ2v) is 6.65. The molecule has 0 unspecified atom stereocenters. The van der Waals surface area contributed by atoms with Gasteiger partial charge in [0.05, 0.1) is 12.1 Å². The van der Waals surface area contributed by atoms with Gasteiger partial charge in [-0.3, -0.25) is 4.99 Å². The van der Waals surface area contributed by atoms with E-state index in [4.69, 9.17) is 10.5 Å². The normalized spacial score (nSPS) is 20.9. The largest absolute Gasteiger partial charge is 0.376 e. The SMILES string of the molecule is COC1(CN=C(N)N2CCN(c3ncccn3)CC2)CCCCC1.I. The van der Waals surface area contributed by atoms with Crippen molar-refractivity contribution in [3.05, 3.63) is 18.5 Å². The highest BCUT2D eigenvalue weighted by Crippen LogP contribution is 2.31. The highest BCUT2D eigenvalue weighted by molar-refractivity contribution is 14.0. The summed E-state index contributed by atoms with van der Waals surface area (Å²) in [5.41, 5.74) is 6.13. The summed E-state index contributed by atoms with van der Waals surface area (Å²) < 4.78 is 5.79. The van der Waals surface area contributed by atoms with Crippen LogP contribution in [0.4, 0.5) is 5.95 Å². The van der Waals surface area contributed by atoms with Crippen molar-refractivity contribution in [2.45, 2.75) is 37.7 Å². The molecule has 0 radical (unpaired) electrons. The molecule has 2 N–H and O–H groups in total. The van der Waals surface area contributed by atoms with Crippen molar-refractivity contribution in [3.63, 3.8) is 0 Å². The Kier molecular flexibility index (Phi) is 7.67. The molecule has 0 atom stereocenters. The third-order valence-electron chi connectivity index (χ3n) is 5.17. The predicted octanol–water partition coefficient (Wildman–Crippen LogP) is 1.88. The quantitative estimate of drug-likeness (QED) is 0.420. The molecule has 3 rings (SSSR count). The monoisotopic (exact) mass is 460 g/mol. The molecule has 1 aromatic rings. The van der Waals surface area contributed by atoms with E-state index in [1.807, 2.05) is 6.07 Å². The number of halogens is 1. The van der Waals surface area contributed by atoms with Crippen LogP contribution in [0.15, 0.2) is 23.5 Å². The second-order valence-electron chi connectivity index (χ2n) is 6.65. The molecule has 2 heterocycles. The minimum Gasteiger partial charge on any atom is -0.376 e. The van der Waals surface area contributed by atoms with E-state index in [-0.39, 0.29) is 29.6 Å². The Morgan fingerprint density at radius 1 is 1.16 bits per heavy atom. The third-order valence-corrected chi connectivity index (χ3v) is 5.17. The molecule has 0 spiro atoms. The van der Waals surface area contributed by atoms with Crippen LogP contribution in [0, 0.1) is 0 Å². The van der Waals surface area contributed by atoms with E-state index in [1.54, 1.807) is 19.5 Å². The first-order valence-corrected chi connectivity index (χ1v) is 8.84. The number of aromatic nitrogens is 2. The van der Waals surface area contributed by atoms with Gasteiger partial charge in [-0.25, -0.2) is 9.97 Å². The topological polar surface area (TPSA) is 79.9 Å². The van der Waals surface area contributed by atoms with Crippen LogP contribution in [0.3, 0.4) is 0 Å². The third kappa shape index (κ3) is 5.16. The molecule has 0 aromatic carbocycles. The van der Waals surface area contributed by atoms with Crippen LogP contribution in [0.1, 0.15) is 32.1 Å². The summed E-state index contributed by atoms with van der Waals surface area (Å²) in [4.78, 5) is 17.6. The molecular formula is C17H29IN6O. The molecule has 1 aliphatic heterocycles. The minimum absolute atomic E-state index is 0. The average Bonchev–Trinajstić information content (AvgIpc) is 2.68. The summed E-state index contributed by atoms with van der Waals surface area (Å²) in [5, 5.41) is 0. The lowest BCUT2D eigenvalue weighted by Gasteiger charge is -2.37. The first kappa shape index (κ1) is 20.2. The van der Waals surface area contributed by atoms with Gasteiger partial charge < -0.3 is 20.3 Å². The van der Waals surface area contributed by atoms with Crippen molar-refractivity contribution in [1.82, 2.24) is 14.9 Å². The smallest absolute Gasteiger partial charge is 0.225 e. The van der Waals surface area contributed by atoms with Crippen LogP contribution in [0.5, 0.6) is 0 Å². The van der Waals surface area contributed by atoms with Crippen molar-refractivity contribution in [1.29, 1.82) is 0 Å². The summed E-state index contributed by atoms with van der Waals surface area (Å²) in [5.74, 6) is 1.42. The summed E-state index contributed by atoms with van der Waals surface area (Å²) >= 11 is 0. The molecule has 0 bridgehead atoms. The molecule has 140 valence electrons. The number of nitrogens with two attached hydrogens (primary N) is 1. The predicted molar refractivity (Wildman–Crippen MR) is 111 cm³/mol.